The molecule has 0 aromatic carbocycles. The molecule has 10 heteroatoms. The van der Waals surface area contributed by atoms with Crippen LogP contribution < -0.4 is 4.90 Å². The van der Waals surface area contributed by atoms with Crippen molar-refractivity contribution >= 4 is 11.7 Å². The van der Waals surface area contributed by atoms with Crippen molar-refractivity contribution in [3.8, 4) is 0 Å². The summed E-state index contributed by atoms with van der Waals surface area (Å²) in [5.41, 5.74) is -0.421. The fourth-order valence-corrected chi connectivity index (χ4v) is 3.69. The number of fused-ring (bicyclic) bond motifs is 1. The van der Waals surface area contributed by atoms with Gasteiger partial charge in [-0.1, -0.05) is 5.21 Å². The van der Waals surface area contributed by atoms with Crippen molar-refractivity contribution in [3.63, 3.8) is 0 Å². The van der Waals surface area contributed by atoms with E-state index in [1.807, 2.05) is 4.90 Å². The van der Waals surface area contributed by atoms with Gasteiger partial charge in [-0.15, -0.1) is 5.10 Å². The molecule has 2 atom stereocenters. The third-order valence-corrected chi connectivity index (χ3v) is 4.99. The Morgan fingerprint density at radius 2 is 1.85 bits per heavy atom. The molecule has 0 spiro atoms. The van der Waals surface area contributed by atoms with Crippen molar-refractivity contribution < 1.29 is 18.0 Å². The van der Waals surface area contributed by atoms with Crippen LogP contribution >= 0.6 is 0 Å². The SMILES string of the molecule is Cn1cc(C(=O)N2CC3CN(c4ccc(C(F)(F)F)cn4)CC3C2)nn1. The molecule has 2 aliphatic rings. The lowest BCUT2D eigenvalue weighted by atomic mass is 10.0. The summed E-state index contributed by atoms with van der Waals surface area (Å²) in [4.78, 5) is 20.2. The maximum Gasteiger partial charge on any atom is 0.417 e. The van der Waals surface area contributed by atoms with Gasteiger partial charge in [-0.2, -0.15) is 13.2 Å². The summed E-state index contributed by atoms with van der Waals surface area (Å²) in [6.45, 7) is 2.56. The fourth-order valence-electron chi connectivity index (χ4n) is 3.69. The maximum absolute atomic E-state index is 12.6. The van der Waals surface area contributed by atoms with Gasteiger partial charge >= 0.3 is 6.18 Å². The van der Waals surface area contributed by atoms with E-state index in [4.69, 9.17) is 0 Å². The highest BCUT2D eigenvalue weighted by Crippen LogP contribution is 2.35. The van der Waals surface area contributed by atoms with Gasteiger partial charge in [0.05, 0.1) is 11.8 Å². The van der Waals surface area contributed by atoms with E-state index in [9.17, 15) is 18.0 Å². The monoisotopic (exact) mass is 366 g/mol. The van der Waals surface area contributed by atoms with E-state index in [0.29, 0.717) is 37.7 Å². The molecule has 1 amide bonds. The van der Waals surface area contributed by atoms with Crippen LogP contribution in [-0.4, -0.2) is 57.0 Å². The van der Waals surface area contributed by atoms with Crippen molar-refractivity contribution in [1.82, 2.24) is 24.9 Å². The number of hydrogen-bond acceptors (Lipinski definition) is 5. The van der Waals surface area contributed by atoms with Gasteiger partial charge in [0, 0.05) is 51.3 Å². The van der Waals surface area contributed by atoms with Crippen LogP contribution in [0.25, 0.3) is 0 Å². The number of aromatic nitrogens is 4. The first-order valence-electron chi connectivity index (χ1n) is 8.25. The highest BCUT2D eigenvalue weighted by Gasteiger charge is 2.42. The summed E-state index contributed by atoms with van der Waals surface area (Å²) in [5, 5.41) is 7.63. The number of nitrogens with zero attached hydrogens (tertiary/aromatic N) is 6. The molecule has 0 aliphatic carbocycles. The minimum atomic E-state index is -4.38. The average molecular weight is 366 g/mol. The molecule has 2 aromatic rings. The van der Waals surface area contributed by atoms with Crippen molar-refractivity contribution in [3.05, 3.63) is 35.8 Å². The Balaban J connectivity index is 1.40. The molecule has 2 aliphatic heterocycles. The maximum atomic E-state index is 12.6. The van der Waals surface area contributed by atoms with E-state index >= 15 is 0 Å². The predicted octanol–water partition coefficient (Wildman–Crippen LogP) is 1.44. The van der Waals surface area contributed by atoms with Crippen molar-refractivity contribution in [1.29, 1.82) is 0 Å². The summed E-state index contributed by atoms with van der Waals surface area (Å²) < 4.78 is 39.4. The van der Waals surface area contributed by atoms with Gasteiger partial charge in [-0.3, -0.25) is 9.48 Å². The minimum absolute atomic E-state index is 0.133. The van der Waals surface area contributed by atoms with Gasteiger partial charge < -0.3 is 9.80 Å². The second-order valence-corrected chi connectivity index (χ2v) is 6.82. The van der Waals surface area contributed by atoms with E-state index in [1.54, 1.807) is 18.1 Å². The van der Waals surface area contributed by atoms with Crippen LogP contribution in [0, 0.1) is 11.8 Å². The molecule has 0 radical (unpaired) electrons. The first kappa shape index (κ1) is 16.8. The zero-order valence-electron chi connectivity index (χ0n) is 14.0. The lowest BCUT2D eigenvalue weighted by Gasteiger charge is -2.22. The Morgan fingerprint density at radius 1 is 1.15 bits per heavy atom. The third kappa shape index (κ3) is 2.99. The largest absolute Gasteiger partial charge is 0.417 e. The van der Waals surface area contributed by atoms with Crippen LogP contribution in [0.1, 0.15) is 16.1 Å². The quantitative estimate of drug-likeness (QED) is 0.805. The lowest BCUT2D eigenvalue weighted by Crippen LogP contribution is -2.33. The van der Waals surface area contributed by atoms with E-state index in [-0.39, 0.29) is 17.7 Å². The molecule has 2 unspecified atom stereocenters. The first-order chi connectivity index (χ1) is 12.3. The standard InChI is InChI=1S/C16H17F3N6O/c1-23-9-13(21-22-23)15(26)25-7-10-5-24(6-11(10)8-25)14-3-2-12(4-20-14)16(17,18)19/h2-4,9-11H,5-8H2,1H3. The van der Waals surface area contributed by atoms with Crippen molar-refractivity contribution in [2.45, 2.75) is 6.18 Å². The molecule has 138 valence electrons. The highest BCUT2D eigenvalue weighted by atomic mass is 19.4. The summed E-state index contributed by atoms with van der Waals surface area (Å²) in [6.07, 6.45) is -1.92. The van der Waals surface area contributed by atoms with Gasteiger partial charge in [-0.05, 0) is 12.1 Å². The topological polar surface area (TPSA) is 67.2 Å². The van der Waals surface area contributed by atoms with E-state index in [2.05, 4.69) is 15.3 Å². The molecular formula is C16H17F3N6O. The van der Waals surface area contributed by atoms with Gasteiger partial charge in [0.2, 0.25) is 0 Å². The van der Waals surface area contributed by atoms with Crippen molar-refractivity contribution in [2.75, 3.05) is 31.1 Å². The predicted molar refractivity (Wildman–Crippen MR) is 85.3 cm³/mol. The van der Waals surface area contributed by atoms with E-state index < -0.39 is 11.7 Å². The number of likely N-dealkylation sites (tertiary alicyclic amines) is 1. The second kappa shape index (κ2) is 5.96. The molecule has 0 bridgehead atoms. The fraction of sp³-hybridized carbons (Fsp3) is 0.500. The third-order valence-electron chi connectivity index (χ3n) is 4.99. The Labute approximate surface area is 147 Å². The molecule has 26 heavy (non-hydrogen) atoms. The number of amides is 1. The highest BCUT2D eigenvalue weighted by molar-refractivity contribution is 5.92. The Kier molecular flexibility index (Phi) is 3.85. The van der Waals surface area contributed by atoms with Crippen molar-refractivity contribution in [2.24, 2.45) is 18.9 Å². The number of halogens is 3. The Hall–Kier alpha value is -2.65. The van der Waals surface area contributed by atoms with Gasteiger partial charge in [0.15, 0.2) is 5.69 Å². The Bertz CT molecular complexity index is 804. The molecular weight excluding hydrogens is 349 g/mol. The number of alkyl halides is 3. The average Bonchev–Trinajstić information content (AvgIpc) is 3.27. The summed E-state index contributed by atoms with van der Waals surface area (Å²) in [7, 11) is 1.71. The minimum Gasteiger partial charge on any atom is -0.356 e. The molecule has 2 saturated heterocycles. The molecule has 4 heterocycles. The number of aryl methyl sites for hydroxylation is 1. The molecule has 7 nitrogen and oxygen atoms in total. The number of anilines is 1. The number of rotatable bonds is 2. The van der Waals surface area contributed by atoms with Crippen LogP contribution in [0.5, 0.6) is 0 Å². The molecule has 2 aromatic heterocycles. The van der Waals surface area contributed by atoms with Crippen LogP contribution in [-0.2, 0) is 13.2 Å². The van der Waals surface area contributed by atoms with Gasteiger partial charge in [0.1, 0.15) is 5.82 Å². The van der Waals surface area contributed by atoms with Crippen LogP contribution in [0.2, 0.25) is 0 Å². The van der Waals surface area contributed by atoms with Crippen LogP contribution in [0.15, 0.2) is 24.5 Å². The Morgan fingerprint density at radius 3 is 2.35 bits per heavy atom. The number of carbonyl (C=O) groups is 1. The smallest absolute Gasteiger partial charge is 0.356 e. The second-order valence-electron chi connectivity index (χ2n) is 6.82. The lowest BCUT2D eigenvalue weighted by molar-refractivity contribution is -0.137. The summed E-state index contributed by atoms with van der Waals surface area (Å²) in [5.74, 6) is 0.963. The molecule has 0 N–H and O–H groups in total. The molecule has 2 fully saturated rings. The summed E-state index contributed by atoms with van der Waals surface area (Å²) >= 11 is 0. The zero-order valence-corrected chi connectivity index (χ0v) is 14.0. The normalized spacial score (nSPS) is 22.8. The van der Waals surface area contributed by atoms with Gasteiger partial charge in [0.25, 0.3) is 5.91 Å². The van der Waals surface area contributed by atoms with Gasteiger partial charge in [-0.25, -0.2) is 4.98 Å². The zero-order chi connectivity index (χ0) is 18.5. The van der Waals surface area contributed by atoms with E-state index in [1.165, 1.54) is 10.7 Å². The van der Waals surface area contributed by atoms with Crippen LogP contribution in [0.3, 0.4) is 0 Å². The summed E-state index contributed by atoms with van der Waals surface area (Å²) in [6, 6.07) is 2.46. The molecule has 4 rings (SSSR count). The van der Waals surface area contributed by atoms with E-state index in [0.717, 1.165) is 12.3 Å². The number of hydrogen-bond donors (Lipinski definition) is 0. The first-order valence-corrected chi connectivity index (χ1v) is 8.25. The van der Waals surface area contributed by atoms with Crippen LogP contribution in [0.4, 0.5) is 19.0 Å². The number of carbonyl (C=O) groups excluding carboxylic acids is 1. The number of pyridine rings is 1. The molecule has 0 saturated carbocycles.